The van der Waals surface area contributed by atoms with Crippen molar-refractivity contribution in [1.82, 2.24) is 20.5 Å². The van der Waals surface area contributed by atoms with Crippen LogP contribution in [0, 0.1) is 0 Å². The fraction of sp³-hybridized carbons (Fsp3) is 0.143. The number of hydrogen-bond acceptors (Lipinski definition) is 7. The Balaban J connectivity index is 1.47. The zero-order valence-corrected chi connectivity index (χ0v) is 16.5. The van der Waals surface area contributed by atoms with Gasteiger partial charge in [0.1, 0.15) is 5.51 Å². The highest BCUT2D eigenvalue weighted by molar-refractivity contribution is 8.00. The Bertz CT molecular complexity index is 856. The zero-order valence-electron chi connectivity index (χ0n) is 12.5. The van der Waals surface area contributed by atoms with Crippen molar-refractivity contribution in [3.05, 3.63) is 50.4 Å². The molecule has 0 bridgehead atoms. The average Bonchev–Trinajstić information content (AvgIpc) is 3.26. The minimum atomic E-state index is -0.330. The van der Waals surface area contributed by atoms with E-state index in [1.807, 2.05) is 5.38 Å². The summed E-state index contributed by atoms with van der Waals surface area (Å²) < 4.78 is 0.891. The molecule has 25 heavy (non-hydrogen) atoms. The molecule has 2 N–H and O–H groups in total. The molecule has 0 saturated heterocycles. The minimum absolute atomic E-state index is 0.330. The maximum absolute atomic E-state index is 12.0. The van der Waals surface area contributed by atoms with E-state index >= 15 is 0 Å². The molecule has 0 aliphatic rings. The molecule has 0 unspecified atom stereocenters. The van der Waals surface area contributed by atoms with Crippen molar-refractivity contribution in [3.63, 3.8) is 0 Å². The molecule has 2 amide bonds. The molecule has 11 heteroatoms. The Kier molecular flexibility index (Phi) is 6.49. The number of hydrogen-bond donors (Lipinski definition) is 2. The summed E-state index contributed by atoms with van der Waals surface area (Å²) in [7, 11) is 0. The van der Waals surface area contributed by atoms with Gasteiger partial charge in [0.25, 0.3) is 0 Å². The number of nitrogens with one attached hydrogen (secondary N) is 2. The quantitative estimate of drug-likeness (QED) is 0.541. The fourth-order valence-electron chi connectivity index (χ4n) is 1.77. The molecule has 3 rings (SSSR count). The standard InChI is InChI=1S/C14H11Cl2N5OS3/c15-10-2-1-8(3-11(10)16)4-17-12(22)20-13-19-9(5-23-13)6-24-14-21-18-7-25-14/h1-3,5,7H,4,6H2,(H2,17,19,20,22). The number of rotatable bonds is 6. The summed E-state index contributed by atoms with van der Waals surface area (Å²) in [5.41, 5.74) is 3.43. The Morgan fingerprint density at radius 2 is 2.12 bits per heavy atom. The van der Waals surface area contributed by atoms with Gasteiger partial charge in [-0.05, 0) is 17.7 Å². The Morgan fingerprint density at radius 1 is 1.24 bits per heavy atom. The number of thioether (sulfide) groups is 1. The highest BCUT2D eigenvalue weighted by atomic mass is 35.5. The van der Waals surface area contributed by atoms with Crippen LogP contribution in [0.2, 0.25) is 10.0 Å². The molecule has 0 spiro atoms. The SMILES string of the molecule is O=C(NCc1ccc(Cl)c(Cl)c1)Nc1nc(CSc2nncs2)cs1. The molecule has 2 heterocycles. The van der Waals surface area contributed by atoms with Crippen molar-refractivity contribution < 1.29 is 4.79 Å². The zero-order chi connectivity index (χ0) is 17.6. The van der Waals surface area contributed by atoms with Crippen LogP contribution in [-0.2, 0) is 12.3 Å². The van der Waals surface area contributed by atoms with E-state index in [9.17, 15) is 4.79 Å². The van der Waals surface area contributed by atoms with Crippen LogP contribution in [0.5, 0.6) is 0 Å². The van der Waals surface area contributed by atoms with E-state index in [1.165, 1.54) is 22.7 Å². The molecule has 0 radical (unpaired) electrons. The monoisotopic (exact) mass is 431 g/mol. The number of benzene rings is 1. The van der Waals surface area contributed by atoms with E-state index in [2.05, 4.69) is 25.8 Å². The highest BCUT2D eigenvalue weighted by Crippen LogP contribution is 2.26. The minimum Gasteiger partial charge on any atom is -0.334 e. The van der Waals surface area contributed by atoms with E-state index in [4.69, 9.17) is 23.2 Å². The molecule has 0 atom stereocenters. The van der Waals surface area contributed by atoms with Crippen molar-refractivity contribution in [2.24, 2.45) is 0 Å². The van der Waals surface area contributed by atoms with Crippen LogP contribution in [-0.4, -0.2) is 21.2 Å². The second kappa shape index (κ2) is 8.81. The van der Waals surface area contributed by atoms with E-state index in [0.29, 0.717) is 27.5 Å². The second-order valence-corrected chi connectivity index (χ2v) is 8.42. The number of carbonyl (C=O) groups excluding carboxylic acids is 1. The molecular formula is C14H11Cl2N5OS3. The van der Waals surface area contributed by atoms with Gasteiger partial charge in [0.05, 0.1) is 15.7 Å². The van der Waals surface area contributed by atoms with Crippen LogP contribution in [0.3, 0.4) is 0 Å². The number of anilines is 1. The molecule has 3 aromatic rings. The fourth-order valence-corrected chi connectivity index (χ4v) is 4.28. The maximum Gasteiger partial charge on any atom is 0.321 e. The molecular weight excluding hydrogens is 421 g/mol. The first-order valence-electron chi connectivity index (χ1n) is 6.92. The first-order chi connectivity index (χ1) is 12.1. The summed E-state index contributed by atoms with van der Waals surface area (Å²) in [6.45, 7) is 0.341. The first kappa shape index (κ1) is 18.4. The smallest absolute Gasteiger partial charge is 0.321 e. The highest BCUT2D eigenvalue weighted by Gasteiger charge is 2.08. The van der Waals surface area contributed by atoms with Crippen LogP contribution in [0.15, 0.2) is 33.4 Å². The van der Waals surface area contributed by atoms with E-state index in [1.54, 1.807) is 35.5 Å². The van der Waals surface area contributed by atoms with Crippen molar-refractivity contribution >= 4 is 68.8 Å². The molecule has 0 aliphatic carbocycles. The second-order valence-electron chi connectivity index (χ2n) is 4.69. The van der Waals surface area contributed by atoms with Crippen molar-refractivity contribution in [2.75, 3.05) is 5.32 Å². The van der Waals surface area contributed by atoms with Gasteiger partial charge in [-0.3, -0.25) is 5.32 Å². The number of aromatic nitrogens is 3. The topological polar surface area (TPSA) is 79.8 Å². The predicted octanol–water partition coefficient (Wildman–Crippen LogP) is 4.92. The Morgan fingerprint density at radius 3 is 2.88 bits per heavy atom. The molecule has 0 aliphatic heterocycles. The molecule has 1 aromatic carbocycles. The summed E-state index contributed by atoms with van der Waals surface area (Å²) in [5, 5.41) is 16.6. The van der Waals surface area contributed by atoms with Gasteiger partial charge in [-0.25, -0.2) is 9.78 Å². The Labute approximate surface area is 166 Å². The summed E-state index contributed by atoms with van der Waals surface area (Å²) >= 11 is 16.2. The van der Waals surface area contributed by atoms with Crippen LogP contribution in [0.1, 0.15) is 11.3 Å². The molecule has 0 saturated carbocycles. The van der Waals surface area contributed by atoms with Crippen molar-refractivity contribution in [1.29, 1.82) is 0 Å². The number of carbonyl (C=O) groups is 1. The van der Waals surface area contributed by atoms with Crippen LogP contribution in [0.4, 0.5) is 9.93 Å². The Hall–Kier alpha value is -1.39. The van der Waals surface area contributed by atoms with Crippen LogP contribution < -0.4 is 10.6 Å². The molecule has 0 fully saturated rings. The lowest BCUT2D eigenvalue weighted by atomic mass is 10.2. The lowest BCUT2D eigenvalue weighted by Crippen LogP contribution is -2.28. The van der Waals surface area contributed by atoms with Crippen molar-refractivity contribution in [3.8, 4) is 0 Å². The number of nitrogens with zero attached hydrogens (tertiary/aromatic N) is 3. The molecule has 2 aromatic heterocycles. The van der Waals surface area contributed by atoms with Gasteiger partial charge in [0.15, 0.2) is 9.47 Å². The molecule has 6 nitrogen and oxygen atoms in total. The maximum atomic E-state index is 12.0. The van der Waals surface area contributed by atoms with Crippen molar-refractivity contribution in [2.45, 2.75) is 16.6 Å². The largest absolute Gasteiger partial charge is 0.334 e. The summed E-state index contributed by atoms with van der Waals surface area (Å²) in [5.74, 6) is 0.679. The lowest BCUT2D eigenvalue weighted by Gasteiger charge is -2.06. The summed E-state index contributed by atoms with van der Waals surface area (Å²) in [6.07, 6.45) is 0. The van der Waals surface area contributed by atoms with Gasteiger partial charge in [-0.1, -0.05) is 52.4 Å². The third-order valence-electron chi connectivity index (χ3n) is 2.89. The summed E-state index contributed by atoms with van der Waals surface area (Å²) in [6, 6.07) is 4.89. The van der Waals surface area contributed by atoms with Crippen LogP contribution >= 0.6 is 57.6 Å². The van der Waals surface area contributed by atoms with E-state index < -0.39 is 0 Å². The van der Waals surface area contributed by atoms with Gasteiger partial charge in [0, 0.05) is 17.7 Å². The average molecular weight is 432 g/mol. The number of amides is 2. The molecule has 130 valence electrons. The number of urea groups is 1. The third-order valence-corrected chi connectivity index (χ3v) is 6.33. The summed E-state index contributed by atoms with van der Waals surface area (Å²) in [4.78, 5) is 16.3. The van der Waals surface area contributed by atoms with Crippen LogP contribution in [0.25, 0.3) is 0 Å². The number of halogens is 2. The third kappa shape index (κ3) is 5.55. The normalized spacial score (nSPS) is 10.6. The van der Waals surface area contributed by atoms with Gasteiger partial charge in [-0.2, -0.15) is 0 Å². The van der Waals surface area contributed by atoms with Gasteiger partial charge in [0.2, 0.25) is 0 Å². The van der Waals surface area contributed by atoms with Gasteiger partial charge < -0.3 is 5.32 Å². The van der Waals surface area contributed by atoms with E-state index in [-0.39, 0.29) is 6.03 Å². The van der Waals surface area contributed by atoms with E-state index in [0.717, 1.165) is 15.6 Å². The predicted molar refractivity (Wildman–Crippen MR) is 104 cm³/mol. The van der Waals surface area contributed by atoms with Gasteiger partial charge >= 0.3 is 6.03 Å². The number of thiazole rings is 1. The first-order valence-corrected chi connectivity index (χ1v) is 10.4. The lowest BCUT2D eigenvalue weighted by molar-refractivity contribution is 0.251. The van der Waals surface area contributed by atoms with Gasteiger partial charge in [-0.15, -0.1) is 21.5 Å².